The summed E-state index contributed by atoms with van der Waals surface area (Å²) in [6.45, 7) is 2.96. The topological polar surface area (TPSA) is 46.9 Å². The minimum absolute atomic E-state index is 0.132. The number of carbonyl (C=O) groups excluding carboxylic acids is 1. The summed E-state index contributed by atoms with van der Waals surface area (Å²) in [5, 5.41) is 4.64. The van der Waals surface area contributed by atoms with Crippen molar-refractivity contribution in [3.63, 3.8) is 0 Å². The molecule has 122 valence electrons. The maximum atomic E-state index is 13.1. The van der Waals surface area contributed by atoms with Gasteiger partial charge in [0.1, 0.15) is 0 Å². The van der Waals surface area contributed by atoms with Gasteiger partial charge in [0.15, 0.2) is 5.78 Å². The number of benzene rings is 1. The molecule has 5 heteroatoms. The number of hydrogen-bond acceptors (Lipinski definition) is 4. The number of carbonyl (C=O) groups is 1. The monoisotopic (exact) mass is 337 g/mol. The summed E-state index contributed by atoms with van der Waals surface area (Å²) in [4.78, 5) is 17.2. The lowest BCUT2D eigenvalue weighted by molar-refractivity contribution is 0.0957. The Morgan fingerprint density at radius 3 is 3.00 bits per heavy atom. The van der Waals surface area contributed by atoms with Crippen LogP contribution in [-0.4, -0.2) is 27.1 Å². The molecular weight excluding hydrogens is 318 g/mol. The molecule has 0 radical (unpaired) electrons. The largest absolute Gasteiger partial charge is 0.347 e. The van der Waals surface area contributed by atoms with E-state index in [9.17, 15) is 4.79 Å². The third-order valence-corrected chi connectivity index (χ3v) is 5.75. The molecule has 1 saturated heterocycles. The minimum Gasteiger partial charge on any atom is -0.347 e. The van der Waals surface area contributed by atoms with Crippen LogP contribution in [0.25, 0.3) is 10.9 Å². The fourth-order valence-electron chi connectivity index (χ4n) is 3.24. The Morgan fingerprint density at radius 1 is 1.33 bits per heavy atom. The van der Waals surface area contributed by atoms with Gasteiger partial charge in [0.05, 0.1) is 11.4 Å². The Kier molecular flexibility index (Phi) is 4.12. The van der Waals surface area contributed by atoms with Crippen LogP contribution in [0.3, 0.4) is 0 Å². The van der Waals surface area contributed by atoms with Gasteiger partial charge in [-0.05, 0) is 24.6 Å². The molecule has 2 aromatic heterocycles. The van der Waals surface area contributed by atoms with Crippen LogP contribution in [0.2, 0.25) is 0 Å². The minimum atomic E-state index is -0.156. The van der Waals surface area contributed by atoms with Gasteiger partial charge in [-0.2, -0.15) is 0 Å². The van der Waals surface area contributed by atoms with Crippen molar-refractivity contribution in [1.82, 2.24) is 14.9 Å². The highest BCUT2D eigenvalue weighted by molar-refractivity contribution is 7.99. The molecule has 0 saturated carbocycles. The zero-order chi connectivity index (χ0) is 16.5. The van der Waals surface area contributed by atoms with Crippen molar-refractivity contribution in [3.8, 4) is 0 Å². The molecule has 4 nitrogen and oxygen atoms in total. The van der Waals surface area contributed by atoms with Crippen molar-refractivity contribution in [2.24, 2.45) is 0 Å². The van der Waals surface area contributed by atoms with Crippen LogP contribution in [-0.2, 0) is 6.54 Å². The first kappa shape index (κ1) is 15.4. The van der Waals surface area contributed by atoms with Crippen molar-refractivity contribution >= 4 is 28.4 Å². The van der Waals surface area contributed by atoms with E-state index in [0.29, 0.717) is 0 Å². The molecule has 1 fully saturated rings. The second-order valence-corrected chi connectivity index (χ2v) is 7.07. The quantitative estimate of drug-likeness (QED) is 0.738. The van der Waals surface area contributed by atoms with Crippen LogP contribution < -0.4 is 5.32 Å². The van der Waals surface area contributed by atoms with Gasteiger partial charge in [-0.25, -0.2) is 0 Å². The van der Waals surface area contributed by atoms with Crippen LogP contribution in [0.5, 0.6) is 0 Å². The van der Waals surface area contributed by atoms with Gasteiger partial charge in [-0.15, -0.1) is 11.8 Å². The number of thioether (sulfide) groups is 1. The van der Waals surface area contributed by atoms with Crippen molar-refractivity contribution in [2.45, 2.75) is 24.9 Å². The molecule has 1 unspecified atom stereocenters. The maximum absolute atomic E-state index is 13.1. The maximum Gasteiger partial charge on any atom is 0.182 e. The normalized spacial score (nSPS) is 20.5. The highest BCUT2D eigenvalue weighted by Gasteiger charge is 2.32. The van der Waals surface area contributed by atoms with Crippen LogP contribution >= 0.6 is 11.8 Å². The highest BCUT2D eigenvalue weighted by atomic mass is 32.2. The molecule has 3 heterocycles. The van der Waals surface area contributed by atoms with E-state index in [0.717, 1.165) is 34.3 Å². The van der Waals surface area contributed by atoms with Gasteiger partial charge < -0.3 is 4.57 Å². The van der Waals surface area contributed by atoms with E-state index in [1.165, 1.54) is 0 Å². The van der Waals surface area contributed by atoms with Crippen molar-refractivity contribution < 1.29 is 4.79 Å². The molecule has 0 spiro atoms. The van der Waals surface area contributed by atoms with E-state index in [2.05, 4.69) is 27.9 Å². The van der Waals surface area contributed by atoms with Gasteiger partial charge in [0.2, 0.25) is 0 Å². The van der Waals surface area contributed by atoms with Gasteiger partial charge in [-0.3, -0.25) is 15.1 Å². The molecule has 2 atom stereocenters. The van der Waals surface area contributed by atoms with Gasteiger partial charge in [0, 0.05) is 47.4 Å². The van der Waals surface area contributed by atoms with Gasteiger partial charge in [-0.1, -0.05) is 24.3 Å². The van der Waals surface area contributed by atoms with Crippen LogP contribution in [0.1, 0.15) is 28.2 Å². The van der Waals surface area contributed by atoms with Crippen molar-refractivity contribution in [3.05, 3.63) is 66.1 Å². The van der Waals surface area contributed by atoms with Gasteiger partial charge in [0.25, 0.3) is 0 Å². The molecule has 1 N–H and O–H groups in total. The molecule has 24 heavy (non-hydrogen) atoms. The summed E-state index contributed by atoms with van der Waals surface area (Å²) >= 11 is 1.77. The number of aromatic nitrogens is 2. The molecule has 3 aromatic rings. The number of para-hydroxylation sites is 1. The smallest absolute Gasteiger partial charge is 0.182 e. The molecular formula is C19H19N3OS. The van der Waals surface area contributed by atoms with E-state index in [1.54, 1.807) is 18.0 Å². The molecule has 0 bridgehead atoms. The van der Waals surface area contributed by atoms with Crippen molar-refractivity contribution in [2.75, 3.05) is 5.75 Å². The number of ketones is 1. The Labute approximate surface area is 145 Å². The predicted molar refractivity (Wildman–Crippen MR) is 98.3 cm³/mol. The number of nitrogens with zero attached hydrogens (tertiary/aromatic N) is 2. The summed E-state index contributed by atoms with van der Waals surface area (Å²) in [6, 6.07) is 11.9. The zero-order valence-corrected chi connectivity index (χ0v) is 14.3. The second-order valence-electron chi connectivity index (χ2n) is 5.93. The average molecular weight is 337 g/mol. The lowest BCUT2D eigenvalue weighted by Gasteiger charge is -2.12. The average Bonchev–Trinajstić information content (AvgIpc) is 3.27. The number of nitrogens with one attached hydrogen (secondary N) is 1. The lowest BCUT2D eigenvalue weighted by Crippen LogP contribution is -2.34. The Hall–Kier alpha value is -2.11. The third-order valence-electron chi connectivity index (χ3n) is 4.48. The first-order valence-corrected chi connectivity index (χ1v) is 9.22. The van der Waals surface area contributed by atoms with E-state index >= 15 is 0 Å². The molecule has 1 aliphatic heterocycles. The number of fused-ring (bicyclic) bond motifs is 1. The highest BCUT2D eigenvalue weighted by Crippen LogP contribution is 2.34. The SMILES string of the molecule is CCn1cc(C(=O)[C@@H]2CSC(c3cccnc3)N2)c2ccccc21. The molecule has 0 amide bonds. The molecule has 4 rings (SSSR count). The molecule has 1 aromatic carbocycles. The fraction of sp³-hybridized carbons (Fsp3) is 0.263. The number of pyridine rings is 1. The van der Waals surface area contributed by atoms with Gasteiger partial charge >= 0.3 is 0 Å². The van der Waals surface area contributed by atoms with Crippen LogP contribution in [0.4, 0.5) is 0 Å². The predicted octanol–water partition coefficient (Wildman–Crippen LogP) is 3.64. The molecule has 1 aliphatic rings. The standard InChI is InChI=1S/C19H19N3OS/c1-2-22-11-15(14-7-3-4-8-17(14)22)18(23)16-12-24-19(21-16)13-6-5-9-20-10-13/h3-11,16,19,21H,2,12H2,1H3/t16-,19?/m0/s1. The molecule has 0 aliphatic carbocycles. The zero-order valence-electron chi connectivity index (χ0n) is 13.5. The third kappa shape index (κ3) is 2.64. The summed E-state index contributed by atoms with van der Waals surface area (Å²) < 4.78 is 2.14. The summed E-state index contributed by atoms with van der Waals surface area (Å²) in [7, 11) is 0. The summed E-state index contributed by atoms with van der Waals surface area (Å²) in [5.41, 5.74) is 3.06. The van der Waals surface area contributed by atoms with Crippen LogP contribution in [0.15, 0.2) is 55.0 Å². The van der Waals surface area contributed by atoms with E-state index < -0.39 is 0 Å². The Morgan fingerprint density at radius 2 is 2.21 bits per heavy atom. The Balaban J connectivity index is 1.61. The lowest BCUT2D eigenvalue weighted by atomic mass is 10.0. The van der Waals surface area contributed by atoms with Crippen molar-refractivity contribution in [1.29, 1.82) is 0 Å². The Bertz CT molecular complexity index is 875. The first-order valence-electron chi connectivity index (χ1n) is 8.17. The number of Topliss-reactive ketones (excluding diaryl/α,β-unsaturated/α-hetero) is 1. The fourth-order valence-corrected chi connectivity index (χ4v) is 4.46. The van der Waals surface area contributed by atoms with Crippen LogP contribution in [0, 0.1) is 0 Å². The second kappa shape index (κ2) is 6.42. The summed E-state index contributed by atoms with van der Waals surface area (Å²) in [6.07, 6.45) is 5.63. The number of hydrogen-bond donors (Lipinski definition) is 1. The first-order chi connectivity index (χ1) is 11.8. The van der Waals surface area contributed by atoms with E-state index in [-0.39, 0.29) is 17.2 Å². The number of aryl methyl sites for hydroxylation is 1. The van der Waals surface area contributed by atoms with E-state index in [4.69, 9.17) is 0 Å². The van der Waals surface area contributed by atoms with E-state index in [1.807, 2.05) is 42.7 Å². The number of rotatable bonds is 4. The summed E-state index contributed by atoms with van der Waals surface area (Å²) in [5.74, 6) is 0.960.